The summed E-state index contributed by atoms with van der Waals surface area (Å²) in [7, 11) is -2.81. The van der Waals surface area contributed by atoms with Gasteiger partial charge in [0.05, 0.1) is 11.5 Å². The van der Waals surface area contributed by atoms with E-state index in [1.807, 2.05) is 0 Å². The highest BCUT2D eigenvalue weighted by atomic mass is 32.2. The molecule has 2 aliphatic rings. The van der Waals surface area contributed by atoms with Gasteiger partial charge in [-0.1, -0.05) is 13.8 Å². The van der Waals surface area contributed by atoms with Gasteiger partial charge in [-0.3, -0.25) is 4.90 Å². The van der Waals surface area contributed by atoms with Crippen LogP contribution >= 0.6 is 0 Å². The van der Waals surface area contributed by atoms with Crippen LogP contribution in [-0.4, -0.2) is 50.0 Å². The summed E-state index contributed by atoms with van der Waals surface area (Å²) < 4.78 is 23.2. The molecule has 0 aliphatic carbocycles. The minimum absolute atomic E-state index is 0.0483. The molecule has 0 spiro atoms. The molecule has 19 heavy (non-hydrogen) atoms. The zero-order chi connectivity index (χ0) is 14.1. The molecule has 0 saturated carbocycles. The second-order valence-corrected chi connectivity index (χ2v) is 8.95. The van der Waals surface area contributed by atoms with E-state index in [2.05, 4.69) is 18.7 Å². The van der Waals surface area contributed by atoms with Gasteiger partial charge < -0.3 is 5.73 Å². The summed E-state index contributed by atoms with van der Waals surface area (Å²) >= 11 is 0. The van der Waals surface area contributed by atoms with Gasteiger partial charge in [0.1, 0.15) is 9.84 Å². The molecule has 0 aromatic rings. The number of nitrogens with zero attached hydrogens (tertiary/aromatic N) is 1. The number of piperidine rings is 1. The lowest BCUT2D eigenvalue weighted by molar-refractivity contribution is 0.0385. The van der Waals surface area contributed by atoms with E-state index < -0.39 is 9.84 Å². The van der Waals surface area contributed by atoms with E-state index in [0.29, 0.717) is 18.1 Å². The average Bonchev–Trinajstić information content (AvgIpc) is 2.40. The van der Waals surface area contributed by atoms with Crippen molar-refractivity contribution < 1.29 is 8.42 Å². The van der Waals surface area contributed by atoms with Gasteiger partial charge >= 0.3 is 0 Å². The van der Waals surface area contributed by atoms with Crippen LogP contribution < -0.4 is 5.73 Å². The molecule has 0 amide bonds. The number of likely N-dealkylation sites (tertiary alicyclic amines) is 1. The maximum Gasteiger partial charge on any atom is 0.150 e. The Morgan fingerprint density at radius 2 is 1.74 bits per heavy atom. The van der Waals surface area contributed by atoms with Gasteiger partial charge in [-0.2, -0.15) is 0 Å². The molecule has 5 heteroatoms. The van der Waals surface area contributed by atoms with Crippen LogP contribution in [0.15, 0.2) is 0 Å². The van der Waals surface area contributed by atoms with Gasteiger partial charge in [0, 0.05) is 12.1 Å². The summed E-state index contributed by atoms with van der Waals surface area (Å²) in [4.78, 5) is 2.49. The van der Waals surface area contributed by atoms with Crippen LogP contribution in [0.2, 0.25) is 0 Å². The highest BCUT2D eigenvalue weighted by molar-refractivity contribution is 7.91. The lowest BCUT2D eigenvalue weighted by Gasteiger charge is -2.49. The zero-order valence-electron chi connectivity index (χ0n) is 12.3. The van der Waals surface area contributed by atoms with Crippen LogP contribution in [0.25, 0.3) is 0 Å². The molecular weight excluding hydrogens is 260 g/mol. The van der Waals surface area contributed by atoms with Crippen molar-refractivity contribution in [3.63, 3.8) is 0 Å². The fraction of sp³-hybridized carbons (Fsp3) is 1.00. The average molecular weight is 288 g/mol. The smallest absolute Gasteiger partial charge is 0.150 e. The first-order chi connectivity index (χ1) is 8.88. The predicted octanol–water partition coefficient (Wildman–Crippen LogP) is 1.26. The van der Waals surface area contributed by atoms with Crippen molar-refractivity contribution in [2.45, 2.75) is 45.1 Å². The molecule has 0 atom stereocenters. The van der Waals surface area contributed by atoms with Crippen LogP contribution in [0.3, 0.4) is 0 Å². The Labute approximate surface area is 117 Å². The molecule has 2 aliphatic heterocycles. The van der Waals surface area contributed by atoms with E-state index in [1.54, 1.807) is 0 Å². The van der Waals surface area contributed by atoms with Crippen molar-refractivity contribution in [2.75, 3.05) is 31.1 Å². The van der Waals surface area contributed by atoms with Gasteiger partial charge in [-0.25, -0.2) is 8.42 Å². The van der Waals surface area contributed by atoms with E-state index in [1.165, 1.54) is 12.8 Å². The third-order valence-electron chi connectivity index (χ3n) is 5.29. The third-order valence-corrected chi connectivity index (χ3v) is 6.94. The Bertz CT molecular complexity index is 384. The van der Waals surface area contributed by atoms with Gasteiger partial charge in [0.15, 0.2) is 0 Å². The molecule has 0 bridgehead atoms. The van der Waals surface area contributed by atoms with Gasteiger partial charge in [-0.05, 0) is 50.6 Å². The molecule has 2 heterocycles. The van der Waals surface area contributed by atoms with Crippen molar-refractivity contribution in [3.8, 4) is 0 Å². The number of hydrogen-bond acceptors (Lipinski definition) is 4. The summed E-state index contributed by atoms with van der Waals surface area (Å²) in [6, 6.07) is 0. The molecule has 4 nitrogen and oxygen atoms in total. The number of sulfone groups is 1. The monoisotopic (exact) mass is 288 g/mol. The quantitative estimate of drug-likeness (QED) is 0.849. The van der Waals surface area contributed by atoms with Crippen molar-refractivity contribution >= 4 is 9.84 Å². The molecule has 0 aromatic heterocycles. The zero-order valence-corrected chi connectivity index (χ0v) is 13.1. The highest BCUT2D eigenvalue weighted by Crippen LogP contribution is 2.34. The predicted molar refractivity (Wildman–Crippen MR) is 78.8 cm³/mol. The third kappa shape index (κ3) is 3.31. The molecule has 0 unspecified atom stereocenters. The van der Waals surface area contributed by atoms with Crippen molar-refractivity contribution in [1.29, 1.82) is 0 Å². The summed E-state index contributed by atoms with van der Waals surface area (Å²) in [5, 5.41) is 0. The van der Waals surface area contributed by atoms with E-state index in [0.717, 1.165) is 37.8 Å². The molecule has 2 fully saturated rings. The first-order valence-electron chi connectivity index (χ1n) is 7.54. The van der Waals surface area contributed by atoms with Crippen LogP contribution in [-0.2, 0) is 9.84 Å². The largest absolute Gasteiger partial charge is 0.329 e. The fourth-order valence-corrected chi connectivity index (χ4v) is 5.19. The maximum absolute atomic E-state index is 11.6. The normalized spacial score (nSPS) is 28.6. The van der Waals surface area contributed by atoms with E-state index in [9.17, 15) is 8.42 Å². The Balaban J connectivity index is 2.00. The second kappa shape index (κ2) is 5.70. The fourth-order valence-electron chi connectivity index (χ4n) is 3.61. The highest BCUT2D eigenvalue weighted by Gasteiger charge is 2.42. The Kier molecular flexibility index (Phi) is 4.58. The van der Waals surface area contributed by atoms with E-state index in [4.69, 9.17) is 5.73 Å². The Morgan fingerprint density at radius 1 is 1.21 bits per heavy atom. The lowest BCUT2D eigenvalue weighted by Crippen LogP contribution is -2.59. The SMILES string of the molecule is CC(C)C1CCN(C2(CN)CCS(=O)(=O)CC2)CC1. The number of hydrogen-bond donors (Lipinski definition) is 1. The van der Waals surface area contributed by atoms with Crippen LogP contribution in [0.4, 0.5) is 0 Å². The molecule has 112 valence electrons. The van der Waals surface area contributed by atoms with Crippen molar-refractivity contribution in [1.82, 2.24) is 4.90 Å². The molecule has 2 saturated heterocycles. The summed E-state index contributed by atoms with van der Waals surface area (Å²) in [6.45, 7) is 7.35. The molecule has 2 rings (SSSR count). The van der Waals surface area contributed by atoms with Gasteiger partial charge in [0.25, 0.3) is 0 Å². The Morgan fingerprint density at radius 3 is 2.16 bits per heavy atom. The molecule has 2 N–H and O–H groups in total. The second-order valence-electron chi connectivity index (χ2n) is 6.65. The van der Waals surface area contributed by atoms with Crippen molar-refractivity contribution in [3.05, 3.63) is 0 Å². The standard InChI is InChI=1S/C14H28N2O2S/c1-12(2)13-3-7-16(8-4-13)14(11-15)5-9-19(17,18)10-6-14/h12-13H,3-11,15H2,1-2H3. The number of nitrogens with two attached hydrogens (primary N) is 1. The minimum atomic E-state index is -2.81. The molecular formula is C14H28N2O2S. The summed E-state index contributed by atoms with van der Waals surface area (Å²) in [6.07, 6.45) is 3.90. The van der Waals surface area contributed by atoms with Crippen LogP contribution in [0.1, 0.15) is 39.5 Å². The minimum Gasteiger partial charge on any atom is -0.329 e. The molecule has 0 radical (unpaired) electrons. The van der Waals surface area contributed by atoms with Crippen LogP contribution in [0.5, 0.6) is 0 Å². The number of rotatable bonds is 3. The van der Waals surface area contributed by atoms with Crippen LogP contribution in [0, 0.1) is 11.8 Å². The van der Waals surface area contributed by atoms with Crippen molar-refractivity contribution in [2.24, 2.45) is 17.6 Å². The van der Waals surface area contributed by atoms with E-state index in [-0.39, 0.29) is 5.54 Å². The van der Waals surface area contributed by atoms with Gasteiger partial charge in [-0.15, -0.1) is 0 Å². The Hall–Kier alpha value is -0.130. The first-order valence-corrected chi connectivity index (χ1v) is 9.36. The summed E-state index contributed by atoms with van der Waals surface area (Å²) in [5.74, 6) is 2.20. The molecule has 0 aromatic carbocycles. The summed E-state index contributed by atoms with van der Waals surface area (Å²) in [5.41, 5.74) is 5.97. The van der Waals surface area contributed by atoms with E-state index >= 15 is 0 Å². The maximum atomic E-state index is 11.6. The topological polar surface area (TPSA) is 63.4 Å². The first kappa shape index (κ1) is 15.3. The van der Waals surface area contributed by atoms with Gasteiger partial charge in [0.2, 0.25) is 0 Å². The lowest BCUT2D eigenvalue weighted by atomic mass is 9.82.